The van der Waals surface area contributed by atoms with Crippen LogP contribution in [0.5, 0.6) is 5.75 Å². The summed E-state index contributed by atoms with van der Waals surface area (Å²) in [6, 6.07) is 17.4. The summed E-state index contributed by atoms with van der Waals surface area (Å²) >= 11 is 0. The van der Waals surface area contributed by atoms with Gasteiger partial charge in [-0.3, -0.25) is 0 Å². The van der Waals surface area contributed by atoms with E-state index in [2.05, 4.69) is 0 Å². The van der Waals surface area contributed by atoms with Crippen LogP contribution in [0.15, 0.2) is 60.8 Å². The first-order chi connectivity index (χ1) is 8.34. The molecule has 2 N–H and O–H groups in total. The molecule has 0 aliphatic carbocycles. The molecular formula is C14H12N2O. The van der Waals surface area contributed by atoms with Crippen LogP contribution in [0.25, 0.3) is 10.9 Å². The van der Waals surface area contributed by atoms with Gasteiger partial charge in [-0.25, -0.2) is 0 Å². The van der Waals surface area contributed by atoms with E-state index in [9.17, 15) is 0 Å². The van der Waals surface area contributed by atoms with Crippen LogP contribution in [-0.2, 0) is 0 Å². The van der Waals surface area contributed by atoms with Gasteiger partial charge in [-0.1, -0.05) is 24.3 Å². The van der Waals surface area contributed by atoms with E-state index in [1.165, 1.54) is 0 Å². The Kier molecular flexibility index (Phi) is 2.22. The lowest BCUT2D eigenvalue weighted by molar-refractivity contribution is 0.229. The molecule has 0 aliphatic rings. The summed E-state index contributed by atoms with van der Waals surface area (Å²) in [5, 5.41) is 1.00. The second kappa shape index (κ2) is 3.87. The van der Waals surface area contributed by atoms with Crippen LogP contribution in [0.1, 0.15) is 0 Å². The molecule has 3 aromatic rings. The average Bonchev–Trinajstić information content (AvgIpc) is 2.76. The minimum Gasteiger partial charge on any atom is -0.398 e. The van der Waals surface area contributed by atoms with Crippen molar-refractivity contribution in [2.75, 3.05) is 5.73 Å². The Labute approximate surface area is 99.0 Å². The van der Waals surface area contributed by atoms with Crippen LogP contribution in [-0.4, -0.2) is 4.73 Å². The predicted octanol–water partition coefficient (Wildman–Crippen LogP) is 3.07. The Bertz CT molecular complexity index is 644. The number of nitrogen functional groups attached to an aromatic ring is 1. The molecule has 0 amide bonds. The Morgan fingerprint density at radius 1 is 0.882 bits per heavy atom. The molecule has 0 spiro atoms. The van der Waals surface area contributed by atoms with Gasteiger partial charge < -0.3 is 10.6 Å². The Hall–Kier alpha value is -2.42. The minimum absolute atomic E-state index is 0.762. The molecule has 0 atom stereocenters. The summed E-state index contributed by atoms with van der Waals surface area (Å²) in [6.07, 6.45) is 1.87. The molecule has 1 heterocycles. The highest BCUT2D eigenvalue weighted by atomic mass is 16.7. The maximum Gasteiger partial charge on any atom is 0.155 e. The van der Waals surface area contributed by atoms with E-state index < -0.39 is 0 Å². The molecule has 2 aromatic carbocycles. The number of anilines is 1. The van der Waals surface area contributed by atoms with Crippen molar-refractivity contribution in [3.05, 3.63) is 60.8 Å². The second-order valence-corrected chi connectivity index (χ2v) is 3.83. The molecule has 0 unspecified atom stereocenters. The molecule has 0 saturated heterocycles. The van der Waals surface area contributed by atoms with Gasteiger partial charge >= 0.3 is 0 Å². The Morgan fingerprint density at radius 2 is 1.71 bits per heavy atom. The number of benzene rings is 2. The van der Waals surface area contributed by atoms with Crippen molar-refractivity contribution < 1.29 is 4.84 Å². The quantitative estimate of drug-likeness (QED) is 0.679. The zero-order chi connectivity index (χ0) is 11.7. The number of hydrogen-bond donors (Lipinski definition) is 1. The average molecular weight is 224 g/mol. The standard InChI is InChI=1S/C14H12N2O/c15-13-7-4-8-14-12(13)9-10-16(14)17-11-5-2-1-3-6-11/h1-10H,15H2. The van der Waals surface area contributed by atoms with E-state index in [-0.39, 0.29) is 0 Å². The second-order valence-electron chi connectivity index (χ2n) is 3.83. The number of fused-ring (bicyclic) bond motifs is 1. The largest absolute Gasteiger partial charge is 0.398 e. The third kappa shape index (κ3) is 1.72. The number of para-hydroxylation sites is 1. The topological polar surface area (TPSA) is 40.2 Å². The zero-order valence-corrected chi connectivity index (χ0v) is 9.21. The van der Waals surface area contributed by atoms with Gasteiger partial charge in [0, 0.05) is 17.3 Å². The number of aromatic nitrogens is 1. The van der Waals surface area contributed by atoms with E-state index in [4.69, 9.17) is 10.6 Å². The van der Waals surface area contributed by atoms with E-state index in [1.807, 2.05) is 60.8 Å². The summed E-state index contributed by atoms with van der Waals surface area (Å²) in [6.45, 7) is 0. The SMILES string of the molecule is Nc1cccc2c1ccn2Oc1ccccc1. The maximum absolute atomic E-state index is 5.89. The number of nitrogens with two attached hydrogens (primary N) is 1. The van der Waals surface area contributed by atoms with Crippen molar-refractivity contribution in [2.24, 2.45) is 0 Å². The third-order valence-electron chi connectivity index (χ3n) is 2.68. The fourth-order valence-corrected chi connectivity index (χ4v) is 1.84. The predicted molar refractivity (Wildman–Crippen MR) is 68.8 cm³/mol. The smallest absolute Gasteiger partial charge is 0.155 e. The normalized spacial score (nSPS) is 10.6. The van der Waals surface area contributed by atoms with Gasteiger partial charge in [-0.15, -0.1) is 0 Å². The molecule has 0 radical (unpaired) electrons. The van der Waals surface area contributed by atoms with Crippen molar-refractivity contribution in [3.63, 3.8) is 0 Å². The van der Waals surface area contributed by atoms with Gasteiger partial charge in [-0.2, -0.15) is 4.73 Å². The molecule has 3 heteroatoms. The van der Waals surface area contributed by atoms with E-state index in [0.717, 1.165) is 22.3 Å². The van der Waals surface area contributed by atoms with Gasteiger partial charge in [0.1, 0.15) is 0 Å². The molecule has 0 saturated carbocycles. The highest BCUT2D eigenvalue weighted by molar-refractivity contribution is 5.91. The number of rotatable bonds is 2. The van der Waals surface area contributed by atoms with E-state index in [1.54, 1.807) is 4.73 Å². The summed E-state index contributed by atoms with van der Waals surface area (Å²) in [5.41, 5.74) is 7.62. The van der Waals surface area contributed by atoms with Gasteiger partial charge in [-0.05, 0) is 30.3 Å². The Balaban J connectivity index is 2.05. The van der Waals surface area contributed by atoms with Crippen LogP contribution in [0.3, 0.4) is 0 Å². The molecular weight excluding hydrogens is 212 g/mol. The molecule has 17 heavy (non-hydrogen) atoms. The summed E-state index contributed by atoms with van der Waals surface area (Å²) in [4.78, 5) is 5.75. The van der Waals surface area contributed by atoms with Crippen molar-refractivity contribution in [1.29, 1.82) is 0 Å². The van der Waals surface area contributed by atoms with Crippen LogP contribution in [0.4, 0.5) is 5.69 Å². The lowest BCUT2D eigenvalue weighted by Crippen LogP contribution is -2.02. The molecule has 3 nitrogen and oxygen atoms in total. The van der Waals surface area contributed by atoms with Crippen molar-refractivity contribution in [2.45, 2.75) is 0 Å². The van der Waals surface area contributed by atoms with Gasteiger partial charge in [0.15, 0.2) is 5.75 Å². The van der Waals surface area contributed by atoms with Crippen molar-refractivity contribution in [3.8, 4) is 5.75 Å². The zero-order valence-electron chi connectivity index (χ0n) is 9.21. The minimum atomic E-state index is 0.762. The van der Waals surface area contributed by atoms with Crippen LogP contribution in [0.2, 0.25) is 0 Å². The maximum atomic E-state index is 5.89. The van der Waals surface area contributed by atoms with Crippen molar-refractivity contribution >= 4 is 16.6 Å². The van der Waals surface area contributed by atoms with Gasteiger partial charge in [0.05, 0.1) is 5.52 Å². The van der Waals surface area contributed by atoms with Gasteiger partial charge in [0.2, 0.25) is 0 Å². The fourth-order valence-electron chi connectivity index (χ4n) is 1.84. The first kappa shape index (κ1) is 9.78. The fraction of sp³-hybridized carbons (Fsp3) is 0. The molecule has 1 aromatic heterocycles. The molecule has 0 fully saturated rings. The molecule has 84 valence electrons. The number of hydrogen-bond acceptors (Lipinski definition) is 2. The Morgan fingerprint density at radius 3 is 2.53 bits per heavy atom. The highest BCUT2D eigenvalue weighted by Crippen LogP contribution is 2.22. The molecule has 3 rings (SSSR count). The molecule has 0 aliphatic heterocycles. The lowest BCUT2D eigenvalue weighted by atomic mass is 10.2. The van der Waals surface area contributed by atoms with E-state index >= 15 is 0 Å². The third-order valence-corrected chi connectivity index (χ3v) is 2.68. The van der Waals surface area contributed by atoms with Gasteiger partial charge in [0.25, 0.3) is 0 Å². The first-order valence-electron chi connectivity index (χ1n) is 5.43. The van der Waals surface area contributed by atoms with Crippen LogP contribution < -0.4 is 10.6 Å². The summed E-state index contributed by atoms with van der Waals surface area (Å²) in [7, 11) is 0. The van der Waals surface area contributed by atoms with E-state index in [0.29, 0.717) is 0 Å². The first-order valence-corrected chi connectivity index (χ1v) is 5.43. The monoisotopic (exact) mass is 224 g/mol. The highest BCUT2D eigenvalue weighted by Gasteiger charge is 2.04. The summed E-state index contributed by atoms with van der Waals surface area (Å²) in [5.74, 6) is 0.799. The van der Waals surface area contributed by atoms with Crippen LogP contribution in [0, 0.1) is 0 Å². The lowest BCUT2D eigenvalue weighted by Gasteiger charge is -2.07. The number of nitrogens with zero attached hydrogens (tertiary/aromatic N) is 1. The summed E-state index contributed by atoms with van der Waals surface area (Å²) < 4.78 is 1.72. The van der Waals surface area contributed by atoms with Crippen LogP contribution >= 0.6 is 0 Å². The van der Waals surface area contributed by atoms with Crippen molar-refractivity contribution in [1.82, 2.24) is 4.73 Å². The molecule has 0 bridgehead atoms.